The van der Waals surface area contributed by atoms with E-state index in [0.717, 1.165) is 39.6 Å². The topological polar surface area (TPSA) is 52.1 Å². The van der Waals surface area contributed by atoms with Gasteiger partial charge in [0.1, 0.15) is 22.8 Å². The lowest BCUT2D eigenvalue weighted by molar-refractivity contribution is -0.141. The SMILES string of the molecule is C[C@@H]1CCc2c(sc3ncnc(SCC(=O)OCc4ccccc4)c23)C1. The first-order valence-electron chi connectivity index (χ1n) is 8.78. The molecule has 0 N–H and O–H groups in total. The molecular formula is C20H20N2O2S2. The normalized spacial score (nSPS) is 16.4. The Morgan fingerprint density at radius 2 is 2.15 bits per heavy atom. The largest absolute Gasteiger partial charge is 0.460 e. The van der Waals surface area contributed by atoms with Crippen LogP contribution in [0.3, 0.4) is 0 Å². The van der Waals surface area contributed by atoms with Gasteiger partial charge in [0, 0.05) is 10.3 Å². The highest BCUT2D eigenvalue weighted by atomic mass is 32.2. The maximum Gasteiger partial charge on any atom is 0.316 e. The quantitative estimate of drug-likeness (QED) is 0.364. The Morgan fingerprint density at radius 3 is 3.00 bits per heavy atom. The van der Waals surface area contributed by atoms with Crippen molar-refractivity contribution in [2.75, 3.05) is 5.75 Å². The smallest absolute Gasteiger partial charge is 0.316 e. The van der Waals surface area contributed by atoms with Crippen LogP contribution in [0.5, 0.6) is 0 Å². The van der Waals surface area contributed by atoms with Gasteiger partial charge in [-0.05, 0) is 36.3 Å². The number of benzene rings is 1. The van der Waals surface area contributed by atoms with Crippen LogP contribution in [0.15, 0.2) is 41.7 Å². The van der Waals surface area contributed by atoms with E-state index in [-0.39, 0.29) is 11.7 Å². The molecule has 1 aromatic carbocycles. The second-order valence-corrected chi connectivity index (χ2v) is 8.69. The van der Waals surface area contributed by atoms with Crippen LogP contribution >= 0.6 is 23.1 Å². The Bertz CT molecular complexity index is 924. The summed E-state index contributed by atoms with van der Waals surface area (Å²) >= 11 is 3.23. The van der Waals surface area contributed by atoms with Crippen LogP contribution in [-0.4, -0.2) is 21.7 Å². The van der Waals surface area contributed by atoms with Gasteiger partial charge in [0.2, 0.25) is 0 Å². The predicted molar refractivity (Wildman–Crippen MR) is 106 cm³/mol. The van der Waals surface area contributed by atoms with E-state index in [0.29, 0.717) is 6.61 Å². The molecule has 0 bridgehead atoms. The number of carbonyl (C=O) groups excluding carboxylic acids is 1. The van der Waals surface area contributed by atoms with Crippen molar-refractivity contribution in [2.24, 2.45) is 5.92 Å². The van der Waals surface area contributed by atoms with Gasteiger partial charge >= 0.3 is 5.97 Å². The molecule has 0 spiro atoms. The van der Waals surface area contributed by atoms with Crippen LogP contribution in [0.4, 0.5) is 0 Å². The zero-order valence-electron chi connectivity index (χ0n) is 14.6. The van der Waals surface area contributed by atoms with Gasteiger partial charge < -0.3 is 4.74 Å². The molecule has 134 valence electrons. The minimum Gasteiger partial charge on any atom is -0.460 e. The number of rotatable bonds is 5. The van der Waals surface area contributed by atoms with Crippen LogP contribution < -0.4 is 0 Å². The van der Waals surface area contributed by atoms with E-state index < -0.39 is 0 Å². The summed E-state index contributed by atoms with van der Waals surface area (Å²) in [5.74, 6) is 0.774. The number of fused-ring (bicyclic) bond motifs is 3. The first-order valence-corrected chi connectivity index (χ1v) is 10.6. The summed E-state index contributed by atoms with van der Waals surface area (Å²) in [7, 11) is 0. The van der Waals surface area contributed by atoms with Crippen molar-refractivity contribution in [2.45, 2.75) is 37.8 Å². The summed E-state index contributed by atoms with van der Waals surface area (Å²) in [6.45, 7) is 2.61. The number of hydrogen-bond donors (Lipinski definition) is 0. The number of ether oxygens (including phenoxy) is 1. The average Bonchev–Trinajstić information content (AvgIpc) is 3.03. The Morgan fingerprint density at radius 1 is 1.31 bits per heavy atom. The number of thioether (sulfide) groups is 1. The molecule has 0 fully saturated rings. The van der Waals surface area contributed by atoms with Crippen LogP contribution in [0.1, 0.15) is 29.3 Å². The molecule has 26 heavy (non-hydrogen) atoms. The lowest BCUT2D eigenvalue weighted by Crippen LogP contribution is -2.09. The number of nitrogens with zero attached hydrogens (tertiary/aromatic N) is 2. The first-order chi connectivity index (χ1) is 12.7. The van der Waals surface area contributed by atoms with Crippen LogP contribution in [0.2, 0.25) is 0 Å². The lowest BCUT2D eigenvalue weighted by Gasteiger charge is -2.18. The van der Waals surface area contributed by atoms with Gasteiger partial charge in [-0.2, -0.15) is 0 Å². The molecule has 3 aromatic rings. The third-order valence-corrected chi connectivity index (χ3v) is 6.75. The zero-order valence-corrected chi connectivity index (χ0v) is 16.2. The summed E-state index contributed by atoms with van der Waals surface area (Å²) in [6.07, 6.45) is 5.01. The van der Waals surface area contributed by atoms with Gasteiger partial charge in [0.05, 0.1) is 5.75 Å². The Hall–Kier alpha value is -1.92. The summed E-state index contributed by atoms with van der Waals surface area (Å²) in [4.78, 5) is 23.5. The molecule has 0 aliphatic heterocycles. The molecule has 0 saturated heterocycles. The molecule has 2 aromatic heterocycles. The van der Waals surface area contributed by atoms with Gasteiger partial charge in [0.25, 0.3) is 0 Å². The molecule has 0 saturated carbocycles. The molecule has 4 nitrogen and oxygen atoms in total. The number of hydrogen-bond acceptors (Lipinski definition) is 6. The lowest BCUT2D eigenvalue weighted by atomic mass is 9.89. The predicted octanol–water partition coefficient (Wildman–Crippen LogP) is 4.65. The van der Waals surface area contributed by atoms with Crippen molar-refractivity contribution in [1.29, 1.82) is 0 Å². The highest BCUT2D eigenvalue weighted by Gasteiger charge is 2.23. The molecule has 6 heteroatoms. The average molecular weight is 385 g/mol. The molecule has 1 atom stereocenters. The highest BCUT2D eigenvalue weighted by molar-refractivity contribution is 8.00. The van der Waals surface area contributed by atoms with Gasteiger partial charge in [0.15, 0.2) is 0 Å². The molecule has 1 aliphatic carbocycles. The number of aromatic nitrogens is 2. The van der Waals surface area contributed by atoms with E-state index in [4.69, 9.17) is 4.74 Å². The van der Waals surface area contributed by atoms with Crippen LogP contribution in [-0.2, 0) is 29.0 Å². The molecule has 0 amide bonds. The third-order valence-electron chi connectivity index (χ3n) is 4.63. The zero-order chi connectivity index (χ0) is 17.9. The number of carbonyl (C=O) groups is 1. The van der Waals surface area contributed by atoms with Gasteiger partial charge in [-0.1, -0.05) is 49.0 Å². The molecule has 1 aliphatic rings. The van der Waals surface area contributed by atoms with E-state index in [1.807, 2.05) is 30.3 Å². The minimum atomic E-state index is -0.219. The van der Waals surface area contributed by atoms with Crippen molar-refractivity contribution >= 4 is 39.3 Å². The van der Waals surface area contributed by atoms with E-state index >= 15 is 0 Å². The van der Waals surface area contributed by atoms with E-state index in [2.05, 4.69) is 16.9 Å². The Balaban J connectivity index is 1.45. The van der Waals surface area contributed by atoms with Gasteiger partial charge in [-0.3, -0.25) is 4.79 Å². The standard InChI is InChI=1S/C20H20N2O2S2/c1-13-7-8-15-16(9-13)26-20-18(15)19(21-12-22-20)25-11-17(23)24-10-14-5-3-2-4-6-14/h2-6,12-13H,7-11H2,1H3/t13-/m1/s1. The van der Waals surface area contributed by atoms with Crippen molar-refractivity contribution in [1.82, 2.24) is 9.97 Å². The fourth-order valence-electron chi connectivity index (χ4n) is 3.26. The molecule has 0 radical (unpaired) electrons. The van der Waals surface area contributed by atoms with Gasteiger partial charge in [-0.15, -0.1) is 11.3 Å². The minimum absolute atomic E-state index is 0.219. The van der Waals surface area contributed by atoms with Crippen LogP contribution in [0.25, 0.3) is 10.2 Å². The Kier molecular flexibility index (Phi) is 5.22. The summed E-state index contributed by atoms with van der Waals surface area (Å²) in [5.41, 5.74) is 2.39. The summed E-state index contributed by atoms with van der Waals surface area (Å²) in [5, 5.41) is 2.05. The third kappa shape index (κ3) is 3.76. The summed E-state index contributed by atoms with van der Waals surface area (Å²) < 4.78 is 5.37. The fraction of sp³-hybridized carbons (Fsp3) is 0.350. The van der Waals surface area contributed by atoms with Crippen LogP contribution in [0, 0.1) is 5.92 Å². The van der Waals surface area contributed by atoms with Crippen molar-refractivity contribution < 1.29 is 9.53 Å². The monoisotopic (exact) mass is 384 g/mol. The molecule has 0 unspecified atom stereocenters. The number of aryl methyl sites for hydroxylation is 1. The van der Waals surface area contributed by atoms with Gasteiger partial charge in [-0.25, -0.2) is 9.97 Å². The number of esters is 1. The van der Waals surface area contributed by atoms with E-state index in [1.54, 1.807) is 17.7 Å². The van der Waals surface area contributed by atoms with Crippen molar-refractivity contribution in [3.05, 3.63) is 52.7 Å². The van der Waals surface area contributed by atoms with Crippen molar-refractivity contribution in [3.8, 4) is 0 Å². The molecule has 2 heterocycles. The van der Waals surface area contributed by atoms with Crippen molar-refractivity contribution in [3.63, 3.8) is 0 Å². The molecule has 4 rings (SSSR count). The summed E-state index contributed by atoms with van der Waals surface area (Å²) in [6, 6.07) is 9.73. The first kappa shape index (κ1) is 17.5. The highest BCUT2D eigenvalue weighted by Crippen LogP contribution is 2.40. The fourth-order valence-corrected chi connectivity index (χ4v) is 5.50. The van der Waals surface area contributed by atoms with E-state index in [9.17, 15) is 4.79 Å². The second kappa shape index (κ2) is 7.76. The van der Waals surface area contributed by atoms with E-state index in [1.165, 1.54) is 28.6 Å². The second-order valence-electron chi connectivity index (χ2n) is 6.65. The molecular weight excluding hydrogens is 364 g/mol. The number of thiophene rings is 1. The maximum absolute atomic E-state index is 12.1. The Labute approximate surface area is 161 Å². The maximum atomic E-state index is 12.1.